The Labute approximate surface area is 81.1 Å². The van der Waals surface area contributed by atoms with Crippen LogP contribution < -0.4 is 5.73 Å². The highest BCUT2D eigenvalue weighted by molar-refractivity contribution is 9.10. The van der Waals surface area contributed by atoms with E-state index in [9.17, 15) is 0 Å². The summed E-state index contributed by atoms with van der Waals surface area (Å²) in [7, 11) is 0. The van der Waals surface area contributed by atoms with Crippen LogP contribution in [0.3, 0.4) is 0 Å². The zero-order valence-electron chi connectivity index (χ0n) is 7.63. The molecule has 0 amide bonds. The van der Waals surface area contributed by atoms with Gasteiger partial charge >= 0.3 is 0 Å². The second-order valence-electron chi connectivity index (χ2n) is 3.36. The average molecular weight is 232 g/mol. The number of nitrogens with zero attached hydrogens (tertiary/aromatic N) is 2. The zero-order chi connectivity index (χ0) is 9.30. The first-order valence-corrected chi connectivity index (χ1v) is 4.80. The van der Waals surface area contributed by atoms with Crippen molar-refractivity contribution < 1.29 is 0 Å². The number of halogens is 1. The van der Waals surface area contributed by atoms with E-state index in [1.807, 2.05) is 11.6 Å². The van der Waals surface area contributed by atoms with Crippen LogP contribution >= 0.6 is 15.9 Å². The van der Waals surface area contributed by atoms with E-state index in [-0.39, 0.29) is 0 Å². The van der Waals surface area contributed by atoms with Crippen molar-refractivity contribution in [1.82, 2.24) is 9.78 Å². The van der Waals surface area contributed by atoms with Crippen LogP contribution in [0.1, 0.15) is 19.5 Å². The molecule has 0 atom stereocenters. The van der Waals surface area contributed by atoms with Gasteiger partial charge in [-0.25, -0.2) is 4.68 Å². The van der Waals surface area contributed by atoms with E-state index in [0.717, 1.165) is 22.5 Å². The van der Waals surface area contributed by atoms with Gasteiger partial charge in [0.25, 0.3) is 0 Å². The Hall–Kier alpha value is -0.510. The van der Waals surface area contributed by atoms with Crippen LogP contribution in [0.2, 0.25) is 0 Å². The standard InChI is InChI=1S/C8H14BrN3/c1-5(2)4-12-8(10)7(9)6(3)11-12/h5H,4,10H2,1-3H3. The van der Waals surface area contributed by atoms with Gasteiger partial charge in [0.1, 0.15) is 5.82 Å². The summed E-state index contributed by atoms with van der Waals surface area (Å²) in [6.07, 6.45) is 0. The average Bonchev–Trinajstić information content (AvgIpc) is 2.17. The van der Waals surface area contributed by atoms with Crippen molar-refractivity contribution in [3.8, 4) is 0 Å². The van der Waals surface area contributed by atoms with Crippen molar-refractivity contribution in [1.29, 1.82) is 0 Å². The summed E-state index contributed by atoms with van der Waals surface area (Å²) in [5.74, 6) is 1.29. The Morgan fingerprint density at radius 3 is 2.50 bits per heavy atom. The topological polar surface area (TPSA) is 43.8 Å². The molecule has 0 aliphatic heterocycles. The highest BCUT2D eigenvalue weighted by atomic mass is 79.9. The highest BCUT2D eigenvalue weighted by Crippen LogP contribution is 2.23. The van der Waals surface area contributed by atoms with E-state index in [1.54, 1.807) is 0 Å². The molecule has 0 unspecified atom stereocenters. The summed E-state index contributed by atoms with van der Waals surface area (Å²) < 4.78 is 2.76. The van der Waals surface area contributed by atoms with E-state index < -0.39 is 0 Å². The van der Waals surface area contributed by atoms with Crippen LogP contribution in [0.25, 0.3) is 0 Å². The fraction of sp³-hybridized carbons (Fsp3) is 0.625. The number of nitrogens with two attached hydrogens (primary N) is 1. The van der Waals surface area contributed by atoms with Gasteiger partial charge in [-0.2, -0.15) is 5.10 Å². The number of aromatic nitrogens is 2. The lowest BCUT2D eigenvalue weighted by molar-refractivity contribution is 0.486. The molecule has 0 spiro atoms. The SMILES string of the molecule is Cc1nn(CC(C)C)c(N)c1Br. The lowest BCUT2D eigenvalue weighted by Crippen LogP contribution is -2.09. The molecule has 1 heterocycles. The first-order chi connectivity index (χ1) is 5.52. The molecule has 4 heteroatoms. The third-order valence-electron chi connectivity index (χ3n) is 1.63. The Bertz CT molecular complexity index is 278. The molecule has 1 rings (SSSR count). The number of rotatable bonds is 2. The molecule has 68 valence electrons. The van der Waals surface area contributed by atoms with E-state index in [4.69, 9.17) is 5.73 Å². The normalized spacial score (nSPS) is 11.1. The number of nitrogen functional groups attached to an aromatic ring is 1. The van der Waals surface area contributed by atoms with Crippen molar-refractivity contribution in [2.75, 3.05) is 5.73 Å². The second-order valence-corrected chi connectivity index (χ2v) is 4.15. The summed E-state index contributed by atoms with van der Waals surface area (Å²) in [6, 6.07) is 0. The Balaban J connectivity index is 2.93. The first-order valence-electron chi connectivity index (χ1n) is 4.00. The molecule has 0 saturated carbocycles. The van der Waals surface area contributed by atoms with Gasteiger partial charge in [0.15, 0.2) is 0 Å². The van der Waals surface area contributed by atoms with Crippen LogP contribution in [0.15, 0.2) is 4.47 Å². The first kappa shape index (κ1) is 9.58. The molecule has 1 aromatic rings. The van der Waals surface area contributed by atoms with Crippen LogP contribution in [0, 0.1) is 12.8 Å². The molecular formula is C8H14BrN3. The summed E-state index contributed by atoms with van der Waals surface area (Å²) in [5, 5.41) is 4.29. The van der Waals surface area contributed by atoms with Gasteiger partial charge < -0.3 is 5.73 Å². The predicted octanol–water partition coefficient (Wildman–Crippen LogP) is 2.19. The molecule has 0 aliphatic carbocycles. The zero-order valence-corrected chi connectivity index (χ0v) is 9.22. The van der Waals surface area contributed by atoms with E-state index in [2.05, 4.69) is 34.9 Å². The smallest absolute Gasteiger partial charge is 0.136 e. The Kier molecular flexibility index (Phi) is 2.77. The minimum absolute atomic E-state index is 0.568. The van der Waals surface area contributed by atoms with Gasteiger partial charge in [-0.15, -0.1) is 0 Å². The van der Waals surface area contributed by atoms with Gasteiger partial charge in [0.05, 0.1) is 10.2 Å². The third-order valence-corrected chi connectivity index (χ3v) is 2.61. The molecule has 0 bridgehead atoms. The van der Waals surface area contributed by atoms with Gasteiger partial charge in [0, 0.05) is 6.54 Å². The number of anilines is 1. The van der Waals surface area contributed by atoms with Crippen molar-refractivity contribution in [3.63, 3.8) is 0 Å². The van der Waals surface area contributed by atoms with Gasteiger partial charge in [-0.3, -0.25) is 0 Å². The Morgan fingerprint density at radius 1 is 1.58 bits per heavy atom. The number of aryl methyl sites for hydroxylation is 1. The lowest BCUT2D eigenvalue weighted by Gasteiger charge is -2.06. The van der Waals surface area contributed by atoms with Gasteiger partial charge in [-0.1, -0.05) is 13.8 Å². The van der Waals surface area contributed by atoms with Gasteiger partial charge in [-0.05, 0) is 28.8 Å². The quantitative estimate of drug-likeness (QED) is 0.849. The summed E-state index contributed by atoms with van der Waals surface area (Å²) in [5.41, 5.74) is 6.76. The third kappa shape index (κ3) is 1.80. The fourth-order valence-electron chi connectivity index (χ4n) is 1.06. The van der Waals surface area contributed by atoms with Crippen molar-refractivity contribution >= 4 is 21.7 Å². The van der Waals surface area contributed by atoms with Crippen LogP contribution in [-0.4, -0.2) is 9.78 Å². The monoisotopic (exact) mass is 231 g/mol. The molecule has 3 nitrogen and oxygen atoms in total. The van der Waals surface area contributed by atoms with Crippen molar-refractivity contribution in [2.24, 2.45) is 5.92 Å². The number of hydrogen-bond donors (Lipinski definition) is 1. The maximum absolute atomic E-state index is 5.81. The van der Waals surface area contributed by atoms with Crippen LogP contribution in [0.5, 0.6) is 0 Å². The molecule has 12 heavy (non-hydrogen) atoms. The molecule has 0 aromatic carbocycles. The maximum Gasteiger partial charge on any atom is 0.136 e. The Morgan fingerprint density at radius 2 is 2.17 bits per heavy atom. The van der Waals surface area contributed by atoms with Crippen LogP contribution in [-0.2, 0) is 6.54 Å². The van der Waals surface area contributed by atoms with Gasteiger partial charge in [0.2, 0.25) is 0 Å². The minimum atomic E-state index is 0.568. The summed E-state index contributed by atoms with van der Waals surface area (Å²) in [4.78, 5) is 0. The van der Waals surface area contributed by atoms with Crippen molar-refractivity contribution in [2.45, 2.75) is 27.3 Å². The predicted molar refractivity (Wildman–Crippen MR) is 53.9 cm³/mol. The molecule has 0 saturated heterocycles. The fourth-order valence-corrected chi connectivity index (χ4v) is 1.35. The maximum atomic E-state index is 5.81. The van der Waals surface area contributed by atoms with Crippen molar-refractivity contribution in [3.05, 3.63) is 10.2 Å². The molecule has 0 fully saturated rings. The van der Waals surface area contributed by atoms with E-state index in [0.29, 0.717) is 5.92 Å². The van der Waals surface area contributed by atoms with E-state index >= 15 is 0 Å². The number of hydrogen-bond acceptors (Lipinski definition) is 2. The molecule has 1 aromatic heterocycles. The van der Waals surface area contributed by atoms with Crippen LogP contribution in [0.4, 0.5) is 5.82 Å². The second kappa shape index (κ2) is 3.47. The molecule has 0 radical (unpaired) electrons. The molecule has 2 N–H and O–H groups in total. The minimum Gasteiger partial charge on any atom is -0.383 e. The lowest BCUT2D eigenvalue weighted by atomic mass is 10.2. The molecule has 0 aliphatic rings. The van der Waals surface area contributed by atoms with E-state index in [1.165, 1.54) is 0 Å². The molecular weight excluding hydrogens is 218 g/mol. The summed E-state index contributed by atoms with van der Waals surface area (Å²) >= 11 is 3.38. The largest absolute Gasteiger partial charge is 0.383 e. The highest BCUT2D eigenvalue weighted by Gasteiger charge is 2.09. The summed E-state index contributed by atoms with van der Waals surface area (Å²) in [6.45, 7) is 7.10.